The highest BCUT2D eigenvalue weighted by Gasteiger charge is 2.31. The van der Waals surface area contributed by atoms with Crippen LogP contribution >= 0.6 is 11.6 Å². The van der Waals surface area contributed by atoms with Crippen molar-refractivity contribution >= 4 is 51.4 Å². The van der Waals surface area contributed by atoms with Gasteiger partial charge < -0.3 is 9.80 Å². The second-order valence-electron chi connectivity index (χ2n) is 11.5. The normalized spacial score (nSPS) is 11.6. The standard InChI is InChI=1S/C42H28ClN3O2/c43-38-19-11-18-36-34-16-7-8-17-35(34)37-28-30(24-27-39(37)45(42(36)38)40-20-9-10-21-41(40)46(47)48)29-22-25-33(26-23-29)44(31-12-3-1-4-13-31)32-14-5-2-6-15-32/h1-28H. The molecule has 7 aromatic carbocycles. The Morgan fingerprint density at radius 1 is 0.500 bits per heavy atom. The topological polar surface area (TPSA) is 49.6 Å². The fourth-order valence-electron chi connectivity index (χ4n) is 6.62. The lowest BCUT2D eigenvalue weighted by molar-refractivity contribution is -0.384. The summed E-state index contributed by atoms with van der Waals surface area (Å²) in [5.41, 5.74) is 11.1. The lowest BCUT2D eigenvalue weighted by atomic mass is 9.92. The number of anilines is 6. The van der Waals surface area contributed by atoms with Gasteiger partial charge in [0.15, 0.2) is 0 Å². The quantitative estimate of drug-likeness (QED) is 0.134. The Hall–Kier alpha value is -6.17. The van der Waals surface area contributed by atoms with Gasteiger partial charge in [-0.15, -0.1) is 0 Å². The second kappa shape index (κ2) is 12.2. The zero-order valence-electron chi connectivity index (χ0n) is 25.7. The Balaban J connectivity index is 1.29. The van der Waals surface area contributed by atoms with Crippen molar-refractivity contribution in [3.63, 3.8) is 0 Å². The Morgan fingerprint density at radius 2 is 1.04 bits per heavy atom. The number of nitro benzene ring substituents is 1. The summed E-state index contributed by atoms with van der Waals surface area (Å²) in [6.45, 7) is 0. The number of fused-ring (bicyclic) bond motifs is 5. The number of nitrogens with zero attached hydrogens (tertiary/aromatic N) is 3. The Kier molecular flexibility index (Phi) is 7.44. The number of rotatable bonds is 6. The zero-order chi connectivity index (χ0) is 32.6. The van der Waals surface area contributed by atoms with Gasteiger partial charge >= 0.3 is 0 Å². The number of nitro groups is 1. The fourth-order valence-corrected chi connectivity index (χ4v) is 6.88. The van der Waals surface area contributed by atoms with Crippen LogP contribution in [0.4, 0.5) is 39.8 Å². The third-order valence-corrected chi connectivity index (χ3v) is 9.07. The third-order valence-electron chi connectivity index (χ3n) is 8.76. The first-order chi connectivity index (χ1) is 23.6. The molecule has 0 saturated heterocycles. The van der Waals surface area contributed by atoms with Gasteiger partial charge in [-0.1, -0.05) is 115 Å². The smallest absolute Gasteiger partial charge is 0.293 e. The summed E-state index contributed by atoms with van der Waals surface area (Å²) in [4.78, 5) is 16.2. The number of hydrogen-bond acceptors (Lipinski definition) is 4. The van der Waals surface area contributed by atoms with E-state index < -0.39 is 0 Å². The van der Waals surface area contributed by atoms with Crippen LogP contribution in [0.25, 0.3) is 33.4 Å². The van der Waals surface area contributed by atoms with E-state index in [0.717, 1.165) is 56.1 Å². The lowest BCUT2D eigenvalue weighted by Gasteiger charge is -2.28. The minimum absolute atomic E-state index is 0.00123. The molecule has 230 valence electrons. The summed E-state index contributed by atoms with van der Waals surface area (Å²) in [7, 11) is 0. The maximum Gasteiger partial charge on any atom is 0.293 e. The van der Waals surface area contributed by atoms with Crippen LogP contribution in [0.5, 0.6) is 0 Å². The zero-order valence-corrected chi connectivity index (χ0v) is 26.5. The van der Waals surface area contributed by atoms with Crippen LogP contribution in [0.1, 0.15) is 0 Å². The molecule has 0 bridgehead atoms. The minimum atomic E-state index is -0.340. The Labute approximate surface area is 283 Å². The van der Waals surface area contributed by atoms with Crippen LogP contribution in [-0.2, 0) is 0 Å². The maximum absolute atomic E-state index is 12.3. The Bertz CT molecular complexity index is 2250. The van der Waals surface area contributed by atoms with Crippen LogP contribution in [-0.4, -0.2) is 4.92 Å². The van der Waals surface area contributed by atoms with E-state index in [9.17, 15) is 10.1 Å². The highest BCUT2D eigenvalue weighted by atomic mass is 35.5. The van der Waals surface area contributed by atoms with E-state index in [1.54, 1.807) is 12.1 Å². The van der Waals surface area contributed by atoms with Gasteiger partial charge in [0, 0.05) is 34.3 Å². The summed E-state index contributed by atoms with van der Waals surface area (Å²) in [5.74, 6) is 0. The predicted molar refractivity (Wildman–Crippen MR) is 197 cm³/mol. The van der Waals surface area contributed by atoms with Crippen LogP contribution in [0.3, 0.4) is 0 Å². The highest BCUT2D eigenvalue weighted by molar-refractivity contribution is 6.35. The van der Waals surface area contributed by atoms with Crippen LogP contribution in [0.15, 0.2) is 170 Å². The number of para-hydroxylation sites is 5. The molecule has 0 spiro atoms. The molecule has 0 radical (unpaired) electrons. The molecule has 0 atom stereocenters. The van der Waals surface area contributed by atoms with Crippen molar-refractivity contribution in [2.24, 2.45) is 0 Å². The van der Waals surface area contributed by atoms with E-state index in [1.165, 1.54) is 6.07 Å². The van der Waals surface area contributed by atoms with Crippen LogP contribution in [0, 0.1) is 10.1 Å². The summed E-state index contributed by atoms with van der Waals surface area (Å²) >= 11 is 6.96. The van der Waals surface area contributed by atoms with Gasteiger partial charge in [-0.3, -0.25) is 10.1 Å². The van der Waals surface area contributed by atoms with Crippen LogP contribution < -0.4 is 9.80 Å². The van der Waals surface area contributed by atoms with Gasteiger partial charge in [0.25, 0.3) is 5.69 Å². The lowest BCUT2D eigenvalue weighted by Crippen LogP contribution is -2.13. The first kappa shape index (κ1) is 29.2. The summed E-state index contributed by atoms with van der Waals surface area (Å²) in [6, 6.07) is 56.4. The van der Waals surface area contributed by atoms with Gasteiger partial charge in [-0.2, -0.15) is 0 Å². The van der Waals surface area contributed by atoms with E-state index in [1.807, 2.05) is 83.8 Å². The summed E-state index contributed by atoms with van der Waals surface area (Å²) in [6.07, 6.45) is 0. The molecule has 8 rings (SSSR count). The molecule has 48 heavy (non-hydrogen) atoms. The summed E-state index contributed by atoms with van der Waals surface area (Å²) < 4.78 is 0. The largest absolute Gasteiger partial charge is 0.311 e. The predicted octanol–water partition coefficient (Wildman–Crippen LogP) is 12.5. The van der Waals surface area contributed by atoms with Gasteiger partial charge in [0.2, 0.25) is 0 Å². The molecule has 0 aromatic heterocycles. The van der Waals surface area contributed by atoms with E-state index in [-0.39, 0.29) is 10.6 Å². The number of halogens is 1. The van der Waals surface area contributed by atoms with Crippen LogP contribution in [0.2, 0.25) is 5.02 Å². The van der Waals surface area contributed by atoms with Gasteiger partial charge in [0.1, 0.15) is 5.69 Å². The molecule has 0 N–H and O–H groups in total. The van der Waals surface area contributed by atoms with Gasteiger partial charge in [-0.05, 0) is 82.9 Å². The first-order valence-electron chi connectivity index (χ1n) is 15.6. The molecule has 7 aromatic rings. The average molecular weight is 642 g/mol. The van der Waals surface area contributed by atoms with E-state index in [0.29, 0.717) is 16.4 Å². The van der Waals surface area contributed by atoms with Crippen molar-refractivity contribution in [3.8, 4) is 33.4 Å². The molecular weight excluding hydrogens is 614 g/mol. The molecule has 6 heteroatoms. The molecule has 1 heterocycles. The van der Waals surface area contributed by atoms with E-state index in [4.69, 9.17) is 11.6 Å². The van der Waals surface area contributed by atoms with Gasteiger partial charge in [0.05, 0.1) is 21.3 Å². The van der Waals surface area contributed by atoms with E-state index in [2.05, 4.69) is 77.7 Å². The molecule has 0 fully saturated rings. The first-order valence-corrected chi connectivity index (χ1v) is 16.0. The molecule has 0 amide bonds. The van der Waals surface area contributed by atoms with Crippen molar-refractivity contribution < 1.29 is 4.92 Å². The van der Waals surface area contributed by atoms with Gasteiger partial charge in [-0.25, -0.2) is 0 Å². The minimum Gasteiger partial charge on any atom is -0.311 e. The SMILES string of the molecule is O=[N+]([O-])c1ccccc1N1c2ccc(-c3ccc(N(c4ccccc4)c4ccccc4)cc3)cc2-c2ccccc2-c2cccc(Cl)c21. The second-order valence-corrected chi connectivity index (χ2v) is 12.0. The van der Waals surface area contributed by atoms with Crippen molar-refractivity contribution in [1.82, 2.24) is 0 Å². The molecule has 0 aliphatic carbocycles. The number of hydrogen-bond donors (Lipinski definition) is 0. The molecular formula is C42H28ClN3O2. The third kappa shape index (κ3) is 5.07. The van der Waals surface area contributed by atoms with Crippen molar-refractivity contribution in [3.05, 3.63) is 185 Å². The molecule has 5 nitrogen and oxygen atoms in total. The molecule has 1 aliphatic rings. The number of benzene rings is 7. The van der Waals surface area contributed by atoms with E-state index >= 15 is 0 Å². The molecule has 0 saturated carbocycles. The highest BCUT2D eigenvalue weighted by Crippen LogP contribution is 2.54. The van der Waals surface area contributed by atoms with Crippen molar-refractivity contribution in [1.29, 1.82) is 0 Å². The summed E-state index contributed by atoms with van der Waals surface area (Å²) in [5, 5.41) is 12.8. The monoisotopic (exact) mass is 641 g/mol. The molecule has 1 aliphatic heterocycles. The Morgan fingerprint density at radius 3 is 1.71 bits per heavy atom. The average Bonchev–Trinajstić information content (AvgIpc) is 3.26. The molecule has 0 unspecified atom stereocenters. The fraction of sp³-hybridized carbons (Fsp3) is 0. The van der Waals surface area contributed by atoms with Crippen molar-refractivity contribution in [2.45, 2.75) is 0 Å². The maximum atomic E-state index is 12.3. The van der Waals surface area contributed by atoms with Crippen molar-refractivity contribution in [2.75, 3.05) is 9.80 Å².